The molecule has 1 amide bonds. The van der Waals surface area contributed by atoms with Crippen molar-refractivity contribution in [1.29, 1.82) is 0 Å². The second-order valence-electron chi connectivity index (χ2n) is 7.75. The molecule has 0 spiro atoms. The molecule has 0 atom stereocenters. The average Bonchev–Trinajstić information content (AvgIpc) is 3.26. The van der Waals surface area contributed by atoms with E-state index in [2.05, 4.69) is 14.9 Å². The summed E-state index contributed by atoms with van der Waals surface area (Å²) in [5.41, 5.74) is 2.29. The lowest BCUT2D eigenvalue weighted by Gasteiger charge is -2.35. The number of amides is 1. The Balaban J connectivity index is 1.21. The summed E-state index contributed by atoms with van der Waals surface area (Å²) < 4.78 is 7.86. The molecule has 0 radical (unpaired) electrons. The number of anilines is 1. The Morgan fingerprint density at radius 3 is 2.67 bits per heavy atom. The van der Waals surface area contributed by atoms with Gasteiger partial charge in [0.2, 0.25) is 0 Å². The topological polar surface area (TPSA) is 63.0 Å². The smallest absolute Gasteiger partial charge is 0.254 e. The largest absolute Gasteiger partial charge is 0.487 e. The molecule has 4 heterocycles. The minimum absolute atomic E-state index is 0.0250. The molecule has 5 rings (SSSR count). The molecule has 1 aromatic carbocycles. The molecular formula is C24H21Cl2N5O2. The summed E-state index contributed by atoms with van der Waals surface area (Å²) in [7, 11) is 0. The van der Waals surface area contributed by atoms with E-state index in [1.54, 1.807) is 18.3 Å². The first kappa shape index (κ1) is 21.6. The third-order valence-electron chi connectivity index (χ3n) is 5.54. The van der Waals surface area contributed by atoms with E-state index in [4.69, 9.17) is 27.9 Å². The molecule has 0 bridgehead atoms. The van der Waals surface area contributed by atoms with Crippen LogP contribution in [0.5, 0.6) is 5.75 Å². The zero-order valence-electron chi connectivity index (χ0n) is 17.7. The molecule has 1 saturated heterocycles. The van der Waals surface area contributed by atoms with Crippen molar-refractivity contribution in [1.82, 2.24) is 19.3 Å². The third-order valence-corrected chi connectivity index (χ3v) is 6.02. The van der Waals surface area contributed by atoms with Crippen LogP contribution in [0.4, 0.5) is 5.82 Å². The van der Waals surface area contributed by atoms with Crippen LogP contribution in [0.2, 0.25) is 10.0 Å². The van der Waals surface area contributed by atoms with Crippen LogP contribution in [0.1, 0.15) is 16.1 Å². The summed E-state index contributed by atoms with van der Waals surface area (Å²) in [4.78, 5) is 25.9. The van der Waals surface area contributed by atoms with Gasteiger partial charge in [0, 0.05) is 50.3 Å². The molecule has 1 aliphatic rings. The van der Waals surface area contributed by atoms with Crippen LogP contribution in [0.3, 0.4) is 0 Å². The van der Waals surface area contributed by atoms with E-state index >= 15 is 0 Å². The first-order valence-corrected chi connectivity index (χ1v) is 11.3. The van der Waals surface area contributed by atoms with Gasteiger partial charge in [-0.1, -0.05) is 35.3 Å². The van der Waals surface area contributed by atoms with Gasteiger partial charge in [-0.2, -0.15) is 0 Å². The van der Waals surface area contributed by atoms with Crippen molar-refractivity contribution >= 4 is 40.6 Å². The molecule has 9 heteroatoms. The molecule has 0 saturated carbocycles. The fourth-order valence-electron chi connectivity index (χ4n) is 3.88. The lowest BCUT2D eigenvalue weighted by molar-refractivity contribution is 0.0746. The molecule has 7 nitrogen and oxygen atoms in total. The fraction of sp³-hybridized carbons (Fsp3) is 0.208. The second-order valence-corrected chi connectivity index (χ2v) is 8.60. The van der Waals surface area contributed by atoms with Gasteiger partial charge in [-0.15, -0.1) is 0 Å². The maximum Gasteiger partial charge on any atom is 0.254 e. The molecular weight excluding hydrogens is 461 g/mol. The second kappa shape index (κ2) is 9.29. The Morgan fingerprint density at radius 1 is 1.03 bits per heavy atom. The van der Waals surface area contributed by atoms with Crippen molar-refractivity contribution in [2.75, 3.05) is 31.1 Å². The van der Waals surface area contributed by atoms with Gasteiger partial charge in [-0.25, -0.2) is 9.97 Å². The van der Waals surface area contributed by atoms with Crippen molar-refractivity contribution in [3.05, 3.63) is 88.4 Å². The normalized spacial score (nSPS) is 14.0. The van der Waals surface area contributed by atoms with Gasteiger partial charge in [0.25, 0.3) is 5.91 Å². The van der Waals surface area contributed by atoms with Crippen molar-refractivity contribution in [2.24, 2.45) is 0 Å². The van der Waals surface area contributed by atoms with E-state index in [0.717, 1.165) is 11.3 Å². The van der Waals surface area contributed by atoms with Crippen LogP contribution in [0.25, 0.3) is 5.65 Å². The number of imidazole rings is 1. The zero-order chi connectivity index (χ0) is 22.8. The van der Waals surface area contributed by atoms with Crippen LogP contribution in [0, 0.1) is 0 Å². The highest BCUT2D eigenvalue weighted by molar-refractivity contribution is 6.36. The number of hydrogen-bond donors (Lipinski definition) is 0. The Hall–Kier alpha value is -3.29. The number of nitrogens with zero attached hydrogens (tertiary/aromatic N) is 5. The molecule has 4 aromatic rings. The van der Waals surface area contributed by atoms with Crippen LogP contribution in [-0.4, -0.2) is 51.4 Å². The van der Waals surface area contributed by atoms with Gasteiger partial charge >= 0.3 is 0 Å². The zero-order valence-corrected chi connectivity index (χ0v) is 19.2. The molecule has 1 aliphatic heterocycles. The Kier molecular flexibility index (Phi) is 6.07. The minimum atomic E-state index is -0.0250. The number of aromatic nitrogens is 3. The SMILES string of the molecule is O=C(c1cccc(OCc2cn3ccccc3n2)c1)N1CCN(c2ncc(Cl)cc2Cl)CC1. The maximum atomic E-state index is 13.1. The highest BCUT2D eigenvalue weighted by Gasteiger charge is 2.24. The van der Waals surface area contributed by atoms with Crippen LogP contribution >= 0.6 is 23.2 Å². The number of fused-ring (bicyclic) bond motifs is 1. The lowest BCUT2D eigenvalue weighted by Crippen LogP contribution is -2.49. The fourth-order valence-corrected chi connectivity index (χ4v) is 4.38. The molecule has 168 valence electrons. The number of ether oxygens (including phenoxy) is 1. The van der Waals surface area contributed by atoms with Crippen LogP contribution in [0.15, 0.2) is 67.1 Å². The molecule has 0 N–H and O–H groups in total. The summed E-state index contributed by atoms with van der Waals surface area (Å²) in [5, 5.41) is 1.01. The number of carbonyl (C=O) groups is 1. The molecule has 33 heavy (non-hydrogen) atoms. The summed E-state index contributed by atoms with van der Waals surface area (Å²) in [6.45, 7) is 2.76. The minimum Gasteiger partial charge on any atom is -0.487 e. The van der Waals surface area contributed by atoms with Gasteiger partial charge in [-0.3, -0.25) is 4.79 Å². The van der Waals surface area contributed by atoms with Crippen molar-refractivity contribution in [3.63, 3.8) is 0 Å². The first-order chi connectivity index (χ1) is 16.1. The highest BCUT2D eigenvalue weighted by Crippen LogP contribution is 2.27. The summed E-state index contributed by atoms with van der Waals surface area (Å²) >= 11 is 12.2. The predicted octanol–water partition coefficient (Wildman–Crippen LogP) is 4.58. The number of rotatable bonds is 5. The van der Waals surface area contributed by atoms with E-state index in [9.17, 15) is 4.79 Å². The standard InChI is InChI=1S/C24H21Cl2N5O2/c25-18-13-21(26)23(27-14-18)29-8-10-30(11-9-29)24(32)17-4-3-5-20(12-17)33-16-19-15-31-7-2-1-6-22(31)28-19/h1-7,12-15H,8-11,16H2. The van der Waals surface area contributed by atoms with Gasteiger partial charge in [0.1, 0.15) is 23.8 Å². The van der Waals surface area contributed by atoms with E-state index < -0.39 is 0 Å². The van der Waals surface area contributed by atoms with Gasteiger partial charge in [0.05, 0.1) is 15.7 Å². The number of carbonyl (C=O) groups excluding carboxylic acids is 1. The molecule has 0 aliphatic carbocycles. The molecule has 0 unspecified atom stereocenters. The van der Waals surface area contributed by atoms with E-state index in [1.165, 1.54) is 0 Å². The first-order valence-electron chi connectivity index (χ1n) is 10.6. The van der Waals surface area contributed by atoms with E-state index in [-0.39, 0.29) is 5.91 Å². The van der Waals surface area contributed by atoms with Crippen LogP contribution in [-0.2, 0) is 6.61 Å². The number of pyridine rings is 2. The molecule has 1 fully saturated rings. The molecule has 3 aromatic heterocycles. The Bertz CT molecular complexity index is 1270. The van der Waals surface area contributed by atoms with Gasteiger partial charge in [0.15, 0.2) is 0 Å². The third kappa shape index (κ3) is 4.74. The number of hydrogen-bond acceptors (Lipinski definition) is 5. The Morgan fingerprint density at radius 2 is 1.88 bits per heavy atom. The quantitative estimate of drug-likeness (QED) is 0.417. The number of piperazine rings is 1. The summed E-state index contributed by atoms with van der Waals surface area (Å²) in [6, 6.07) is 14.8. The van der Waals surface area contributed by atoms with E-state index in [1.807, 2.05) is 58.1 Å². The maximum absolute atomic E-state index is 13.1. The number of benzene rings is 1. The number of halogens is 2. The van der Waals surface area contributed by atoms with Crippen molar-refractivity contribution < 1.29 is 9.53 Å². The van der Waals surface area contributed by atoms with Crippen LogP contribution < -0.4 is 9.64 Å². The van der Waals surface area contributed by atoms with Crippen molar-refractivity contribution in [3.8, 4) is 5.75 Å². The van der Waals surface area contributed by atoms with Gasteiger partial charge in [-0.05, 0) is 36.4 Å². The Labute approximate surface area is 201 Å². The average molecular weight is 482 g/mol. The summed E-state index contributed by atoms with van der Waals surface area (Å²) in [6.07, 6.45) is 5.46. The lowest BCUT2D eigenvalue weighted by atomic mass is 10.1. The summed E-state index contributed by atoms with van der Waals surface area (Å²) in [5.74, 6) is 1.30. The van der Waals surface area contributed by atoms with E-state index in [0.29, 0.717) is 60.0 Å². The highest BCUT2D eigenvalue weighted by atomic mass is 35.5. The van der Waals surface area contributed by atoms with Crippen molar-refractivity contribution in [2.45, 2.75) is 6.61 Å². The monoisotopic (exact) mass is 481 g/mol. The predicted molar refractivity (Wildman–Crippen MR) is 128 cm³/mol. The van der Waals surface area contributed by atoms with Gasteiger partial charge < -0.3 is 18.9 Å².